The van der Waals surface area contributed by atoms with Gasteiger partial charge in [-0.1, -0.05) is 55.3 Å². The lowest BCUT2D eigenvalue weighted by Gasteiger charge is -2.30. The topological polar surface area (TPSA) is 49.4 Å². The fourth-order valence-electron chi connectivity index (χ4n) is 4.21. The second-order valence-corrected chi connectivity index (χ2v) is 10.4. The average Bonchev–Trinajstić information content (AvgIpc) is 3.11. The lowest BCUT2D eigenvalue weighted by molar-refractivity contribution is 0.206. The molecule has 1 N–H and O–H groups in total. The number of hydrogen-bond acceptors (Lipinski definition) is 4. The van der Waals surface area contributed by atoms with Gasteiger partial charge in [0.25, 0.3) is 0 Å². The van der Waals surface area contributed by atoms with E-state index >= 15 is 0 Å². The number of nitrogens with one attached hydrogen (secondary N) is 1. The summed E-state index contributed by atoms with van der Waals surface area (Å²) in [6.45, 7) is 2.49. The predicted molar refractivity (Wildman–Crippen MR) is 122 cm³/mol. The van der Waals surface area contributed by atoms with Crippen LogP contribution in [-0.4, -0.2) is 33.0 Å². The second kappa shape index (κ2) is 9.39. The van der Waals surface area contributed by atoms with Crippen molar-refractivity contribution in [1.29, 1.82) is 0 Å². The first-order valence-electron chi connectivity index (χ1n) is 10.3. The van der Waals surface area contributed by atoms with Crippen LogP contribution in [0, 0.1) is 0 Å². The van der Waals surface area contributed by atoms with Gasteiger partial charge in [0.2, 0.25) is 10.0 Å². The van der Waals surface area contributed by atoms with Gasteiger partial charge in [0, 0.05) is 12.6 Å². The van der Waals surface area contributed by atoms with E-state index in [9.17, 15) is 8.42 Å². The van der Waals surface area contributed by atoms with E-state index in [1.807, 2.05) is 42.5 Å². The molecule has 0 bridgehead atoms. The fourth-order valence-corrected chi connectivity index (χ4v) is 6.09. The second-order valence-electron chi connectivity index (χ2n) is 7.77. The molecule has 2 heterocycles. The summed E-state index contributed by atoms with van der Waals surface area (Å²) < 4.78 is 28.8. The molecule has 1 unspecified atom stereocenters. The van der Waals surface area contributed by atoms with E-state index < -0.39 is 10.0 Å². The molecule has 4 rings (SSSR count). The highest BCUT2D eigenvalue weighted by molar-refractivity contribution is 7.88. The summed E-state index contributed by atoms with van der Waals surface area (Å²) in [6.07, 6.45) is 4.89. The number of fused-ring (bicyclic) bond motifs is 1. The highest BCUT2D eigenvalue weighted by Crippen LogP contribution is 2.26. The van der Waals surface area contributed by atoms with Crippen LogP contribution in [0.2, 0.25) is 0 Å². The Balaban J connectivity index is 1.50. The van der Waals surface area contributed by atoms with Crippen molar-refractivity contribution in [2.24, 2.45) is 0 Å². The lowest BCUT2D eigenvalue weighted by atomic mass is 10.1. The Morgan fingerprint density at radius 2 is 1.72 bits per heavy atom. The van der Waals surface area contributed by atoms with Gasteiger partial charge in [-0.3, -0.25) is 4.90 Å². The van der Waals surface area contributed by atoms with E-state index in [1.54, 1.807) is 11.3 Å². The molecule has 29 heavy (non-hydrogen) atoms. The molecule has 0 radical (unpaired) electrons. The van der Waals surface area contributed by atoms with Crippen LogP contribution in [-0.2, 0) is 15.8 Å². The summed E-state index contributed by atoms with van der Waals surface area (Å²) >= 11 is 1.67. The first-order chi connectivity index (χ1) is 14.1. The van der Waals surface area contributed by atoms with Gasteiger partial charge in [-0.25, -0.2) is 13.1 Å². The SMILES string of the molecule is O=S(=O)(Cc1cccc2ccccc12)NCC(c1ccsc1)N1CCCCCC1. The maximum absolute atomic E-state index is 12.9. The van der Waals surface area contributed by atoms with Crippen molar-refractivity contribution in [1.82, 2.24) is 9.62 Å². The number of likely N-dealkylation sites (tertiary alicyclic amines) is 1. The maximum atomic E-state index is 12.9. The van der Waals surface area contributed by atoms with Crippen molar-refractivity contribution in [2.45, 2.75) is 37.5 Å². The molecule has 0 spiro atoms. The lowest BCUT2D eigenvalue weighted by Crippen LogP contribution is -2.38. The summed E-state index contributed by atoms with van der Waals surface area (Å²) in [5.74, 6) is 0.00467. The Hall–Kier alpha value is -1.73. The molecule has 0 saturated carbocycles. The van der Waals surface area contributed by atoms with Crippen molar-refractivity contribution in [3.63, 3.8) is 0 Å². The molecule has 3 aromatic rings. The van der Waals surface area contributed by atoms with Crippen LogP contribution >= 0.6 is 11.3 Å². The van der Waals surface area contributed by atoms with Gasteiger partial charge in [0.15, 0.2) is 0 Å². The zero-order chi connectivity index (χ0) is 20.1. The Kier molecular flexibility index (Phi) is 6.65. The molecule has 0 aliphatic carbocycles. The quantitative estimate of drug-likeness (QED) is 0.580. The van der Waals surface area contributed by atoms with E-state index in [-0.39, 0.29) is 11.8 Å². The number of sulfonamides is 1. The summed E-state index contributed by atoms with van der Waals surface area (Å²) in [4.78, 5) is 2.45. The van der Waals surface area contributed by atoms with Crippen molar-refractivity contribution < 1.29 is 8.42 Å². The molecule has 1 fully saturated rings. The first-order valence-corrected chi connectivity index (χ1v) is 12.9. The highest BCUT2D eigenvalue weighted by atomic mass is 32.2. The summed E-state index contributed by atoms with van der Waals surface area (Å²) in [6, 6.07) is 16.0. The van der Waals surface area contributed by atoms with E-state index in [4.69, 9.17) is 0 Å². The van der Waals surface area contributed by atoms with Gasteiger partial charge in [-0.2, -0.15) is 11.3 Å². The molecule has 2 aromatic carbocycles. The number of nitrogens with zero attached hydrogens (tertiary/aromatic N) is 1. The molecule has 4 nitrogen and oxygen atoms in total. The van der Waals surface area contributed by atoms with Crippen molar-refractivity contribution in [3.8, 4) is 0 Å². The molecular weight excluding hydrogens is 400 g/mol. The molecular formula is C23H28N2O2S2. The summed E-state index contributed by atoms with van der Waals surface area (Å²) in [5, 5.41) is 6.29. The summed E-state index contributed by atoms with van der Waals surface area (Å²) in [7, 11) is -3.43. The Morgan fingerprint density at radius 3 is 2.48 bits per heavy atom. The van der Waals surface area contributed by atoms with Gasteiger partial charge in [-0.15, -0.1) is 0 Å². The van der Waals surface area contributed by atoms with E-state index in [2.05, 4.69) is 26.4 Å². The molecule has 1 saturated heterocycles. The zero-order valence-corrected chi connectivity index (χ0v) is 18.2. The van der Waals surface area contributed by atoms with Gasteiger partial charge in [0.05, 0.1) is 5.75 Å². The molecule has 1 aromatic heterocycles. The monoisotopic (exact) mass is 428 g/mol. The Labute approximate surface area is 177 Å². The predicted octanol–water partition coefficient (Wildman–Crippen LogP) is 4.94. The van der Waals surface area contributed by atoms with Crippen LogP contribution in [0.15, 0.2) is 59.3 Å². The smallest absolute Gasteiger partial charge is 0.215 e. The molecule has 1 aliphatic rings. The fraction of sp³-hybridized carbons (Fsp3) is 0.391. The van der Waals surface area contributed by atoms with Crippen molar-refractivity contribution in [2.75, 3.05) is 19.6 Å². The Morgan fingerprint density at radius 1 is 0.966 bits per heavy atom. The number of rotatable bonds is 7. The zero-order valence-electron chi connectivity index (χ0n) is 16.6. The third-order valence-electron chi connectivity index (χ3n) is 5.73. The molecule has 1 aliphatic heterocycles. The van der Waals surface area contributed by atoms with Crippen LogP contribution in [0.4, 0.5) is 0 Å². The molecule has 6 heteroatoms. The normalized spacial score (nSPS) is 17.2. The largest absolute Gasteiger partial charge is 0.295 e. The standard InChI is InChI=1S/C23H28N2O2S2/c26-29(27,18-21-10-7-9-19-8-3-4-11-22(19)21)24-16-23(20-12-15-28-17-20)25-13-5-1-2-6-14-25/h3-4,7-12,15,17,23-24H,1-2,5-6,13-14,16,18H2. The minimum absolute atomic E-state index is 0.00467. The minimum Gasteiger partial charge on any atom is -0.295 e. The number of benzene rings is 2. The van der Waals surface area contributed by atoms with Gasteiger partial charge in [0.1, 0.15) is 0 Å². The third-order valence-corrected chi connectivity index (χ3v) is 7.73. The maximum Gasteiger partial charge on any atom is 0.215 e. The van der Waals surface area contributed by atoms with Crippen LogP contribution in [0.25, 0.3) is 10.8 Å². The van der Waals surface area contributed by atoms with Crippen molar-refractivity contribution >= 4 is 32.1 Å². The summed E-state index contributed by atoms with van der Waals surface area (Å²) in [5.41, 5.74) is 2.06. The van der Waals surface area contributed by atoms with Gasteiger partial charge < -0.3 is 0 Å². The van der Waals surface area contributed by atoms with Crippen molar-refractivity contribution in [3.05, 3.63) is 70.4 Å². The molecule has 154 valence electrons. The van der Waals surface area contributed by atoms with Crippen LogP contribution in [0.5, 0.6) is 0 Å². The minimum atomic E-state index is -3.43. The first kappa shape index (κ1) is 20.5. The van der Waals surface area contributed by atoms with E-state index in [0.717, 1.165) is 29.4 Å². The van der Waals surface area contributed by atoms with Crippen LogP contribution in [0.3, 0.4) is 0 Å². The average molecular weight is 429 g/mol. The van der Waals surface area contributed by atoms with Gasteiger partial charge >= 0.3 is 0 Å². The molecule has 0 amide bonds. The van der Waals surface area contributed by atoms with E-state index in [1.165, 1.54) is 31.2 Å². The number of hydrogen-bond donors (Lipinski definition) is 1. The Bertz CT molecular complexity index is 1020. The van der Waals surface area contributed by atoms with Crippen LogP contribution < -0.4 is 4.72 Å². The van der Waals surface area contributed by atoms with E-state index in [0.29, 0.717) is 6.54 Å². The number of thiophene rings is 1. The third kappa shape index (κ3) is 5.25. The molecule has 1 atom stereocenters. The highest BCUT2D eigenvalue weighted by Gasteiger charge is 2.24. The van der Waals surface area contributed by atoms with Gasteiger partial charge in [-0.05, 0) is 64.7 Å². The van der Waals surface area contributed by atoms with Crippen LogP contribution in [0.1, 0.15) is 42.9 Å².